The lowest BCUT2D eigenvalue weighted by atomic mass is 10.2. The molecule has 0 radical (unpaired) electrons. The van der Waals surface area contributed by atoms with Crippen molar-refractivity contribution in [3.63, 3.8) is 0 Å². The van der Waals surface area contributed by atoms with E-state index in [0.29, 0.717) is 29.1 Å². The number of para-hydroxylation sites is 1. The molecular weight excluding hydrogens is 482 g/mol. The molecule has 0 fully saturated rings. The topological polar surface area (TPSA) is 54.4 Å². The van der Waals surface area contributed by atoms with Crippen LogP contribution >= 0.6 is 15.9 Å². The second-order valence-corrected chi connectivity index (χ2v) is 8.32. The molecule has 172 valence electrons. The summed E-state index contributed by atoms with van der Waals surface area (Å²) in [6.07, 6.45) is 1.79. The van der Waals surface area contributed by atoms with Crippen LogP contribution in [0.3, 0.4) is 0 Å². The van der Waals surface area contributed by atoms with Gasteiger partial charge in [0.25, 0.3) is 5.91 Å². The number of rotatable bonds is 10. The molecule has 0 spiro atoms. The lowest BCUT2D eigenvalue weighted by molar-refractivity contribution is -0.130. The lowest BCUT2D eigenvalue weighted by Gasteiger charge is -2.19. The van der Waals surface area contributed by atoms with Crippen molar-refractivity contribution in [3.8, 4) is 11.5 Å². The first-order valence-corrected chi connectivity index (χ1v) is 11.5. The summed E-state index contributed by atoms with van der Waals surface area (Å²) in [5.41, 5.74) is 2.98. The molecule has 0 bridgehead atoms. The van der Waals surface area contributed by atoms with Crippen LogP contribution in [0.15, 0.2) is 82.4 Å². The minimum absolute atomic E-state index is 0.0715. The van der Waals surface area contributed by atoms with Crippen molar-refractivity contribution in [3.05, 3.63) is 88.4 Å². The molecule has 0 heterocycles. The summed E-state index contributed by atoms with van der Waals surface area (Å²) in [6, 6.07) is 24.0. The summed E-state index contributed by atoms with van der Waals surface area (Å²) in [5.74, 6) is 0.914. The Balaban J connectivity index is 1.87. The van der Waals surface area contributed by atoms with Gasteiger partial charge in [0.05, 0.1) is 29.5 Å². The molecule has 3 aromatic carbocycles. The quantitative estimate of drug-likeness (QED) is 0.273. The van der Waals surface area contributed by atoms with E-state index >= 15 is 0 Å². The van der Waals surface area contributed by atoms with Crippen molar-refractivity contribution in [1.29, 1.82) is 0 Å². The highest BCUT2D eigenvalue weighted by molar-refractivity contribution is 9.10. The normalized spacial score (nSPS) is 10.8. The van der Waals surface area contributed by atoms with Crippen LogP contribution in [-0.4, -0.2) is 44.3 Å². The van der Waals surface area contributed by atoms with Crippen LogP contribution in [0.1, 0.15) is 18.1 Å². The van der Waals surface area contributed by atoms with Gasteiger partial charge in [0, 0.05) is 14.1 Å². The van der Waals surface area contributed by atoms with E-state index in [-0.39, 0.29) is 12.5 Å². The van der Waals surface area contributed by atoms with Crippen LogP contribution in [0.25, 0.3) is 0 Å². The van der Waals surface area contributed by atoms with Crippen LogP contribution in [-0.2, 0) is 11.3 Å². The maximum Gasteiger partial charge on any atom is 0.259 e. The third-order valence-electron chi connectivity index (χ3n) is 4.75. The molecule has 0 N–H and O–H groups in total. The molecule has 0 atom stereocenters. The van der Waals surface area contributed by atoms with Crippen molar-refractivity contribution in [2.75, 3.05) is 32.3 Å². The van der Waals surface area contributed by atoms with Crippen LogP contribution in [0.4, 0.5) is 5.69 Å². The highest BCUT2D eigenvalue weighted by Crippen LogP contribution is 2.36. The SMILES string of the molecule is CCOc1cc(/C=N/N(Cc2ccccc2)c2ccccc2)cc(Br)c1OCC(=O)N(C)C. The molecule has 0 unspecified atom stereocenters. The number of anilines is 1. The molecule has 3 aromatic rings. The van der Waals surface area contributed by atoms with Crippen LogP contribution in [0, 0.1) is 0 Å². The lowest BCUT2D eigenvalue weighted by Crippen LogP contribution is -2.27. The fourth-order valence-electron chi connectivity index (χ4n) is 3.02. The Morgan fingerprint density at radius 1 is 1.00 bits per heavy atom. The zero-order valence-corrected chi connectivity index (χ0v) is 20.7. The van der Waals surface area contributed by atoms with Gasteiger partial charge in [0.15, 0.2) is 18.1 Å². The summed E-state index contributed by atoms with van der Waals surface area (Å²) < 4.78 is 12.2. The summed E-state index contributed by atoms with van der Waals surface area (Å²) in [7, 11) is 3.38. The van der Waals surface area contributed by atoms with E-state index in [1.54, 1.807) is 20.3 Å². The van der Waals surface area contributed by atoms with E-state index in [1.807, 2.05) is 72.6 Å². The van der Waals surface area contributed by atoms with Crippen molar-refractivity contribution in [2.45, 2.75) is 13.5 Å². The summed E-state index contributed by atoms with van der Waals surface area (Å²) in [6.45, 7) is 2.93. The number of hydrazone groups is 1. The fourth-order valence-corrected chi connectivity index (χ4v) is 3.59. The van der Waals surface area contributed by atoms with Crippen molar-refractivity contribution in [2.24, 2.45) is 5.10 Å². The molecule has 6 nitrogen and oxygen atoms in total. The maximum atomic E-state index is 11.9. The number of hydrogen-bond acceptors (Lipinski definition) is 5. The van der Waals surface area contributed by atoms with E-state index in [0.717, 1.165) is 16.8 Å². The molecule has 0 aliphatic carbocycles. The average molecular weight is 510 g/mol. The second kappa shape index (κ2) is 12.1. The molecule has 0 saturated carbocycles. The molecule has 3 rings (SSSR count). The number of carbonyl (C=O) groups excluding carboxylic acids is 1. The number of halogens is 1. The Labute approximate surface area is 203 Å². The Hall–Kier alpha value is -3.32. The van der Waals surface area contributed by atoms with E-state index < -0.39 is 0 Å². The van der Waals surface area contributed by atoms with Crippen molar-refractivity contribution < 1.29 is 14.3 Å². The average Bonchev–Trinajstić information content (AvgIpc) is 2.82. The summed E-state index contributed by atoms with van der Waals surface area (Å²) in [5, 5.41) is 6.71. The zero-order chi connectivity index (χ0) is 23.6. The van der Waals surface area contributed by atoms with Gasteiger partial charge in [-0.2, -0.15) is 5.10 Å². The van der Waals surface area contributed by atoms with Gasteiger partial charge in [-0.25, -0.2) is 0 Å². The molecule has 33 heavy (non-hydrogen) atoms. The predicted molar refractivity (Wildman–Crippen MR) is 136 cm³/mol. The molecule has 0 aliphatic heterocycles. The predicted octanol–water partition coefficient (Wildman–Crippen LogP) is 5.36. The van der Waals surface area contributed by atoms with Crippen molar-refractivity contribution in [1.82, 2.24) is 4.90 Å². The number of benzene rings is 3. The number of carbonyl (C=O) groups is 1. The van der Waals surface area contributed by atoms with E-state index in [9.17, 15) is 4.79 Å². The third kappa shape index (κ3) is 7.08. The second-order valence-electron chi connectivity index (χ2n) is 7.46. The van der Waals surface area contributed by atoms with Crippen LogP contribution in [0.5, 0.6) is 11.5 Å². The summed E-state index contributed by atoms with van der Waals surface area (Å²) in [4.78, 5) is 13.4. The summed E-state index contributed by atoms with van der Waals surface area (Å²) >= 11 is 3.56. The molecule has 7 heteroatoms. The molecular formula is C26H28BrN3O3. The van der Waals surface area contributed by atoms with Gasteiger partial charge in [0.1, 0.15) is 0 Å². The molecule has 0 saturated heterocycles. The maximum absolute atomic E-state index is 11.9. The van der Waals surface area contributed by atoms with Gasteiger partial charge in [-0.1, -0.05) is 48.5 Å². The number of amides is 1. The third-order valence-corrected chi connectivity index (χ3v) is 5.34. The van der Waals surface area contributed by atoms with E-state index in [4.69, 9.17) is 14.6 Å². The van der Waals surface area contributed by atoms with Crippen LogP contribution < -0.4 is 14.5 Å². The minimum Gasteiger partial charge on any atom is -0.490 e. The van der Waals surface area contributed by atoms with Gasteiger partial charge < -0.3 is 14.4 Å². The van der Waals surface area contributed by atoms with Gasteiger partial charge >= 0.3 is 0 Å². The van der Waals surface area contributed by atoms with Gasteiger partial charge in [-0.3, -0.25) is 9.80 Å². The van der Waals surface area contributed by atoms with Crippen molar-refractivity contribution >= 4 is 33.7 Å². The highest BCUT2D eigenvalue weighted by Gasteiger charge is 2.15. The number of ether oxygens (including phenoxy) is 2. The van der Waals surface area contributed by atoms with E-state index in [1.165, 1.54) is 4.90 Å². The van der Waals surface area contributed by atoms with Crippen LogP contribution in [0.2, 0.25) is 0 Å². The first-order chi connectivity index (χ1) is 16.0. The number of hydrogen-bond donors (Lipinski definition) is 0. The Morgan fingerprint density at radius 2 is 1.67 bits per heavy atom. The van der Waals surface area contributed by atoms with E-state index in [2.05, 4.69) is 28.1 Å². The smallest absolute Gasteiger partial charge is 0.259 e. The fraction of sp³-hybridized carbons (Fsp3) is 0.231. The molecule has 0 aliphatic rings. The van der Waals surface area contributed by atoms with Gasteiger partial charge in [-0.15, -0.1) is 0 Å². The molecule has 0 aromatic heterocycles. The Morgan fingerprint density at radius 3 is 2.30 bits per heavy atom. The number of likely N-dealkylation sites (N-methyl/N-ethyl adjacent to an activating group) is 1. The van der Waals surface area contributed by atoms with Gasteiger partial charge in [0.2, 0.25) is 0 Å². The number of nitrogens with zero attached hydrogens (tertiary/aromatic N) is 3. The molecule has 1 amide bonds. The Kier molecular flexibility index (Phi) is 8.89. The first-order valence-electron chi connectivity index (χ1n) is 10.7. The van der Waals surface area contributed by atoms with Gasteiger partial charge in [-0.05, 0) is 58.2 Å². The standard InChI is InChI=1S/C26H28BrN3O3/c1-4-32-24-16-21(15-23(27)26(24)33-19-25(31)29(2)3)17-28-30(22-13-9-6-10-14-22)18-20-11-7-5-8-12-20/h5-17H,4,18-19H2,1-3H3/b28-17+. The minimum atomic E-state index is -0.130. The highest BCUT2D eigenvalue weighted by atomic mass is 79.9. The zero-order valence-electron chi connectivity index (χ0n) is 19.1. The monoisotopic (exact) mass is 509 g/mol. The Bertz CT molecular complexity index is 1070. The largest absolute Gasteiger partial charge is 0.490 e. The first kappa shape index (κ1) is 24.3.